The van der Waals surface area contributed by atoms with Crippen LogP contribution in [-0.2, 0) is 11.3 Å². The van der Waals surface area contributed by atoms with Gasteiger partial charge in [-0.1, -0.05) is 86.6 Å². The fraction of sp³-hybridized carbons (Fsp3) is 0.286. The first-order valence-electron chi connectivity index (χ1n) is 11.4. The Morgan fingerprint density at radius 1 is 0.970 bits per heavy atom. The highest BCUT2D eigenvalue weighted by molar-refractivity contribution is 8.00. The second-order valence-electron chi connectivity index (χ2n) is 8.86. The zero-order chi connectivity index (χ0) is 23.2. The fourth-order valence-electron chi connectivity index (χ4n) is 4.16. The molecular weight excluding hydrogens is 428 g/mol. The van der Waals surface area contributed by atoms with Crippen LogP contribution in [-0.4, -0.2) is 22.5 Å². The molecule has 0 radical (unpaired) electrons. The van der Waals surface area contributed by atoms with Crippen molar-refractivity contribution >= 4 is 23.6 Å². The molecule has 2 atom stereocenters. The Balaban J connectivity index is 1.46. The summed E-state index contributed by atoms with van der Waals surface area (Å²) in [5.41, 5.74) is 3.91. The lowest BCUT2D eigenvalue weighted by Crippen LogP contribution is -2.29. The van der Waals surface area contributed by atoms with E-state index in [1.807, 2.05) is 77.7 Å². The van der Waals surface area contributed by atoms with Gasteiger partial charge in [-0.15, -0.1) is 11.8 Å². The summed E-state index contributed by atoms with van der Waals surface area (Å²) in [4.78, 5) is 27.5. The standard InChI is InChI=1S/C28H30N2O2S/c1-20(2)17-25(22-11-7-4-8-12-22)29-27(32)23-13-15-24(16-14-23)28-30(26(31)19-33-28)18-21-9-5-3-6-10-21/h3-16,20,25,28H,17-19H2,1-2H3,(H,29,32)/t25-,28+/m1/s1. The Hall–Kier alpha value is -3.05. The molecule has 0 unspecified atom stereocenters. The topological polar surface area (TPSA) is 49.4 Å². The Labute approximate surface area is 200 Å². The number of nitrogens with one attached hydrogen (secondary N) is 1. The molecular formula is C28H30N2O2S. The Bertz CT molecular complexity index is 1070. The monoisotopic (exact) mass is 458 g/mol. The first kappa shape index (κ1) is 23.1. The van der Waals surface area contributed by atoms with Crippen LogP contribution >= 0.6 is 11.8 Å². The highest BCUT2D eigenvalue weighted by atomic mass is 32.2. The van der Waals surface area contributed by atoms with Crippen molar-refractivity contribution in [3.63, 3.8) is 0 Å². The van der Waals surface area contributed by atoms with E-state index in [-0.39, 0.29) is 23.2 Å². The maximum Gasteiger partial charge on any atom is 0.251 e. The van der Waals surface area contributed by atoms with Crippen LogP contribution in [0.25, 0.3) is 0 Å². The number of hydrogen-bond donors (Lipinski definition) is 1. The van der Waals surface area contributed by atoms with E-state index in [1.54, 1.807) is 11.8 Å². The Morgan fingerprint density at radius 3 is 2.24 bits per heavy atom. The van der Waals surface area contributed by atoms with Gasteiger partial charge in [-0.3, -0.25) is 9.59 Å². The maximum atomic E-state index is 13.0. The van der Waals surface area contributed by atoms with E-state index in [1.165, 1.54) is 0 Å². The van der Waals surface area contributed by atoms with Crippen molar-refractivity contribution in [3.05, 3.63) is 107 Å². The summed E-state index contributed by atoms with van der Waals surface area (Å²) in [5.74, 6) is 1.01. The molecule has 0 aliphatic carbocycles. The molecule has 1 aliphatic rings. The van der Waals surface area contributed by atoms with Crippen LogP contribution in [0.4, 0.5) is 0 Å². The fourth-order valence-corrected chi connectivity index (χ4v) is 5.34. The zero-order valence-corrected chi connectivity index (χ0v) is 19.9. The molecule has 1 heterocycles. The highest BCUT2D eigenvalue weighted by Gasteiger charge is 2.32. The number of benzene rings is 3. The molecule has 1 N–H and O–H groups in total. The summed E-state index contributed by atoms with van der Waals surface area (Å²) in [6.45, 7) is 4.92. The average molecular weight is 459 g/mol. The lowest BCUT2D eigenvalue weighted by Gasteiger charge is -2.25. The molecule has 0 spiro atoms. The summed E-state index contributed by atoms with van der Waals surface area (Å²) < 4.78 is 0. The largest absolute Gasteiger partial charge is 0.345 e. The number of amides is 2. The Kier molecular flexibility index (Phi) is 7.50. The quantitative estimate of drug-likeness (QED) is 0.452. The summed E-state index contributed by atoms with van der Waals surface area (Å²) >= 11 is 1.64. The SMILES string of the molecule is CC(C)C[C@@H](NC(=O)c1ccc([C@@H]2SCC(=O)N2Cc2ccccc2)cc1)c1ccccc1. The number of carbonyl (C=O) groups excluding carboxylic acids is 2. The van der Waals surface area contributed by atoms with Gasteiger partial charge < -0.3 is 10.2 Å². The molecule has 0 bridgehead atoms. The van der Waals surface area contributed by atoms with Gasteiger partial charge in [-0.25, -0.2) is 0 Å². The van der Waals surface area contributed by atoms with Crippen molar-refractivity contribution < 1.29 is 9.59 Å². The van der Waals surface area contributed by atoms with Gasteiger partial charge >= 0.3 is 0 Å². The highest BCUT2D eigenvalue weighted by Crippen LogP contribution is 2.39. The molecule has 170 valence electrons. The first-order valence-corrected chi connectivity index (χ1v) is 12.5. The zero-order valence-electron chi connectivity index (χ0n) is 19.1. The third kappa shape index (κ3) is 5.85. The lowest BCUT2D eigenvalue weighted by atomic mass is 9.96. The predicted molar refractivity (Wildman–Crippen MR) is 135 cm³/mol. The molecule has 0 saturated carbocycles. The van der Waals surface area contributed by atoms with Crippen molar-refractivity contribution in [2.45, 2.75) is 38.2 Å². The second kappa shape index (κ2) is 10.7. The number of rotatable bonds is 8. The average Bonchev–Trinajstić information content (AvgIpc) is 3.19. The number of carbonyl (C=O) groups is 2. The molecule has 1 saturated heterocycles. The van der Waals surface area contributed by atoms with Crippen LogP contribution in [0.2, 0.25) is 0 Å². The van der Waals surface area contributed by atoms with Gasteiger partial charge in [0.1, 0.15) is 5.37 Å². The molecule has 0 aromatic heterocycles. The third-order valence-corrected chi connectivity index (χ3v) is 7.09. The van der Waals surface area contributed by atoms with Gasteiger partial charge in [0.15, 0.2) is 0 Å². The molecule has 3 aromatic carbocycles. The molecule has 4 nitrogen and oxygen atoms in total. The van der Waals surface area contributed by atoms with Gasteiger partial charge in [0, 0.05) is 12.1 Å². The smallest absolute Gasteiger partial charge is 0.251 e. The molecule has 3 aromatic rings. The van der Waals surface area contributed by atoms with Gasteiger partial charge in [0.2, 0.25) is 5.91 Å². The molecule has 4 rings (SSSR count). The number of nitrogens with zero attached hydrogens (tertiary/aromatic N) is 1. The molecule has 33 heavy (non-hydrogen) atoms. The summed E-state index contributed by atoms with van der Waals surface area (Å²) in [6, 6.07) is 27.8. The van der Waals surface area contributed by atoms with Gasteiger partial charge in [-0.05, 0) is 41.2 Å². The van der Waals surface area contributed by atoms with Crippen LogP contribution in [0.15, 0.2) is 84.9 Å². The Morgan fingerprint density at radius 2 is 1.61 bits per heavy atom. The van der Waals surface area contributed by atoms with Crippen molar-refractivity contribution in [1.82, 2.24) is 10.2 Å². The van der Waals surface area contributed by atoms with E-state index in [9.17, 15) is 9.59 Å². The van der Waals surface area contributed by atoms with Crippen LogP contribution in [0, 0.1) is 5.92 Å². The van der Waals surface area contributed by atoms with Gasteiger partial charge in [-0.2, -0.15) is 0 Å². The van der Waals surface area contributed by atoms with E-state index in [0.717, 1.165) is 23.1 Å². The normalized spacial score (nSPS) is 16.8. The summed E-state index contributed by atoms with van der Waals surface area (Å²) in [5, 5.41) is 3.18. The van der Waals surface area contributed by atoms with Gasteiger partial charge in [0.05, 0.1) is 11.8 Å². The summed E-state index contributed by atoms with van der Waals surface area (Å²) in [7, 11) is 0. The lowest BCUT2D eigenvalue weighted by molar-refractivity contribution is -0.128. The summed E-state index contributed by atoms with van der Waals surface area (Å²) in [6.07, 6.45) is 0.878. The minimum atomic E-state index is -0.0765. The minimum absolute atomic E-state index is 0.0252. The van der Waals surface area contributed by atoms with Crippen molar-refractivity contribution in [2.75, 3.05) is 5.75 Å². The van der Waals surface area contributed by atoms with Crippen LogP contribution in [0.1, 0.15) is 58.7 Å². The molecule has 2 amide bonds. The van der Waals surface area contributed by atoms with E-state index in [2.05, 4.69) is 31.3 Å². The van der Waals surface area contributed by atoms with Crippen LogP contribution in [0.5, 0.6) is 0 Å². The molecule has 1 aliphatic heterocycles. The van der Waals surface area contributed by atoms with Crippen molar-refractivity contribution in [2.24, 2.45) is 5.92 Å². The van der Waals surface area contributed by atoms with Gasteiger partial charge in [0.25, 0.3) is 5.91 Å². The number of thioether (sulfide) groups is 1. The van der Waals surface area contributed by atoms with Crippen LogP contribution in [0.3, 0.4) is 0 Å². The molecule has 1 fully saturated rings. The van der Waals surface area contributed by atoms with E-state index in [0.29, 0.717) is 23.8 Å². The predicted octanol–water partition coefficient (Wildman–Crippen LogP) is 5.98. The van der Waals surface area contributed by atoms with Crippen molar-refractivity contribution in [3.8, 4) is 0 Å². The number of hydrogen-bond acceptors (Lipinski definition) is 3. The second-order valence-corrected chi connectivity index (χ2v) is 9.93. The first-order chi connectivity index (χ1) is 16.0. The minimum Gasteiger partial charge on any atom is -0.345 e. The third-order valence-electron chi connectivity index (χ3n) is 5.84. The van der Waals surface area contributed by atoms with Crippen LogP contribution < -0.4 is 5.32 Å². The van der Waals surface area contributed by atoms with Crippen molar-refractivity contribution in [1.29, 1.82) is 0 Å². The molecule has 5 heteroatoms. The van der Waals surface area contributed by atoms with E-state index >= 15 is 0 Å². The maximum absolute atomic E-state index is 13.0. The van der Waals surface area contributed by atoms with E-state index in [4.69, 9.17) is 0 Å². The van der Waals surface area contributed by atoms with E-state index < -0.39 is 0 Å².